The first-order valence-corrected chi connectivity index (χ1v) is 10.1. The van der Waals surface area contributed by atoms with Gasteiger partial charge in [0.15, 0.2) is 5.92 Å². The Kier molecular flexibility index (Phi) is 6.48. The van der Waals surface area contributed by atoms with Crippen molar-refractivity contribution >= 4 is 11.6 Å². The van der Waals surface area contributed by atoms with Gasteiger partial charge in [0.2, 0.25) is 5.91 Å². The van der Waals surface area contributed by atoms with Crippen molar-refractivity contribution in [3.8, 4) is 0 Å². The summed E-state index contributed by atoms with van der Waals surface area (Å²) in [6.07, 6.45) is -3.48. The smallest absolute Gasteiger partial charge is 0.312 e. The first-order chi connectivity index (χ1) is 13.6. The Bertz CT molecular complexity index is 707. The summed E-state index contributed by atoms with van der Waals surface area (Å²) in [5, 5.41) is 0. The average molecular weight is 421 g/mol. The first kappa shape index (κ1) is 22.0. The maximum atomic E-state index is 13.1. The molecule has 0 spiro atoms. The van der Waals surface area contributed by atoms with Crippen molar-refractivity contribution in [2.45, 2.75) is 76.1 Å². The number of amides is 1. The lowest BCUT2D eigenvalue weighted by Gasteiger charge is -2.27. The fourth-order valence-electron chi connectivity index (χ4n) is 4.54. The molecule has 1 aromatic rings. The topological polar surface area (TPSA) is 20.3 Å². The summed E-state index contributed by atoms with van der Waals surface area (Å²) in [6.45, 7) is 0.442. The van der Waals surface area contributed by atoms with Gasteiger partial charge < -0.3 is 4.90 Å². The molecule has 1 saturated carbocycles. The second-order valence-corrected chi connectivity index (χ2v) is 8.10. The van der Waals surface area contributed by atoms with Crippen LogP contribution in [0.1, 0.15) is 68.4 Å². The molecule has 1 aliphatic carbocycles. The number of anilines is 1. The number of hydrogen-bond acceptors (Lipinski definition) is 1. The van der Waals surface area contributed by atoms with Crippen LogP contribution >= 0.6 is 0 Å². The van der Waals surface area contributed by atoms with Gasteiger partial charge in [0.05, 0.1) is 0 Å². The predicted molar refractivity (Wildman–Crippen MR) is 97.8 cm³/mol. The van der Waals surface area contributed by atoms with Crippen molar-refractivity contribution in [3.05, 3.63) is 29.3 Å². The number of alkyl halides is 6. The molecule has 0 radical (unpaired) electrons. The van der Waals surface area contributed by atoms with E-state index in [0.29, 0.717) is 49.4 Å². The minimum absolute atomic E-state index is 0.101. The quantitative estimate of drug-likeness (QED) is 0.506. The number of carbonyl (C=O) groups is 1. The van der Waals surface area contributed by atoms with Crippen molar-refractivity contribution in [1.29, 1.82) is 0 Å². The van der Waals surface area contributed by atoms with Crippen LogP contribution in [0.4, 0.5) is 32.0 Å². The first-order valence-electron chi connectivity index (χ1n) is 10.1. The lowest BCUT2D eigenvalue weighted by Crippen LogP contribution is -2.34. The predicted octanol–water partition coefficient (Wildman–Crippen LogP) is 6.53. The maximum Gasteiger partial charge on any atom is 0.404 e. The van der Waals surface area contributed by atoms with E-state index in [1.165, 1.54) is 18.9 Å². The maximum absolute atomic E-state index is 13.1. The van der Waals surface area contributed by atoms with E-state index in [0.717, 1.165) is 31.4 Å². The molecule has 1 heterocycles. The van der Waals surface area contributed by atoms with E-state index in [-0.39, 0.29) is 5.91 Å². The summed E-state index contributed by atoms with van der Waals surface area (Å²) in [4.78, 5) is 14.3. The van der Waals surface area contributed by atoms with Crippen LogP contribution in [0.5, 0.6) is 0 Å². The zero-order valence-corrected chi connectivity index (χ0v) is 16.1. The summed E-state index contributed by atoms with van der Waals surface area (Å²) < 4.78 is 78.5. The molecule has 1 aromatic carbocycles. The molecule has 8 heteroatoms. The van der Waals surface area contributed by atoms with Crippen LogP contribution in [0.25, 0.3) is 0 Å². The molecular formula is C21H25F6NO. The summed E-state index contributed by atoms with van der Waals surface area (Å²) in [5.41, 5.74) is 0.0162. The molecule has 1 aliphatic heterocycles. The number of rotatable bonds is 4. The Morgan fingerprint density at radius 1 is 1.00 bits per heavy atom. The third-order valence-corrected chi connectivity index (χ3v) is 6.00. The highest BCUT2D eigenvalue weighted by Gasteiger charge is 2.57. The summed E-state index contributed by atoms with van der Waals surface area (Å²) in [5.74, 6) is -3.09. The molecule has 2 aliphatic rings. The molecule has 0 bridgehead atoms. The average Bonchev–Trinajstić information content (AvgIpc) is 3.03. The summed E-state index contributed by atoms with van der Waals surface area (Å²) >= 11 is 0. The van der Waals surface area contributed by atoms with E-state index in [2.05, 4.69) is 0 Å². The lowest BCUT2D eigenvalue weighted by atomic mass is 9.94. The Morgan fingerprint density at radius 2 is 1.66 bits per heavy atom. The Hall–Kier alpha value is -1.73. The van der Waals surface area contributed by atoms with Gasteiger partial charge in [0.1, 0.15) is 0 Å². The van der Waals surface area contributed by atoms with E-state index >= 15 is 0 Å². The number of benzene rings is 1. The van der Waals surface area contributed by atoms with Gasteiger partial charge in [-0.2, -0.15) is 26.3 Å². The van der Waals surface area contributed by atoms with Crippen molar-refractivity contribution in [3.63, 3.8) is 0 Å². The molecule has 29 heavy (non-hydrogen) atoms. The molecule has 1 fully saturated rings. The monoisotopic (exact) mass is 421 g/mol. The van der Waals surface area contributed by atoms with Gasteiger partial charge in [-0.05, 0) is 48.8 Å². The van der Waals surface area contributed by atoms with E-state index in [1.54, 1.807) is 4.90 Å². The Labute approximate surface area is 166 Å². The van der Waals surface area contributed by atoms with Gasteiger partial charge in [-0.3, -0.25) is 4.79 Å². The number of fused-ring (bicyclic) bond motifs is 1. The second-order valence-electron chi connectivity index (χ2n) is 8.10. The normalized spacial score (nSPS) is 18.8. The van der Waals surface area contributed by atoms with Crippen LogP contribution in [-0.2, 0) is 11.2 Å². The van der Waals surface area contributed by atoms with Gasteiger partial charge in [0.25, 0.3) is 0 Å². The van der Waals surface area contributed by atoms with Crippen molar-refractivity contribution < 1.29 is 31.1 Å². The number of nitrogens with zero attached hydrogens (tertiary/aromatic N) is 1. The zero-order valence-electron chi connectivity index (χ0n) is 16.1. The van der Waals surface area contributed by atoms with Gasteiger partial charge in [-0.1, -0.05) is 37.8 Å². The van der Waals surface area contributed by atoms with Gasteiger partial charge in [0, 0.05) is 18.7 Å². The molecule has 0 atom stereocenters. The minimum Gasteiger partial charge on any atom is -0.312 e. The Balaban J connectivity index is 1.84. The van der Waals surface area contributed by atoms with Crippen molar-refractivity contribution in [2.24, 2.45) is 5.92 Å². The molecule has 0 unspecified atom stereocenters. The number of aryl methyl sites for hydroxylation is 1. The Morgan fingerprint density at radius 3 is 2.28 bits per heavy atom. The molecule has 1 amide bonds. The molecule has 0 aromatic heterocycles. The molecule has 2 nitrogen and oxygen atoms in total. The van der Waals surface area contributed by atoms with Gasteiger partial charge in [-0.25, -0.2) is 0 Å². The molecule has 0 saturated heterocycles. The fraction of sp³-hybridized carbons (Fsp3) is 0.667. The largest absolute Gasteiger partial charge is 0.404 e. The van der Waals surface area contributed by atoms with Gasteiger partial charge in [-0.15, -0.1) is 0 Å². The number of carbonyl (C=O) groups excluding carboxylic acids is 1. The lowest BCUT2D eigenvalue weighted by molar-refractivity contribution is -0.253. The highest BCUT2D eigenvalue weighted by Crippen LogP contribution is 2.47. The molecule has 3 rings (SSSR count). The number of hydrogen-bond donors (Lipinski definition) is 0. The zero-order chi connectivity index (χ0) is 21.2. The van der Waals surface area contributed by atoms with Crippen LogP contribution in [0.3, 0.4) is 0 Å². The fourth-order valence-corrected chi connectivity index (χ4v) is 4.54. The molecule has 162 valence electrons. The SMILES string of the molecule is O=C(CCC1CCCC1)N1CCCCc2cc(C(C(F)(F)F)C(F)(F)F)ccc21. The molecule has 0 N–H and O–H groups in total. The van der Waals surface area contributed by atoms with Crippen LogP contribution in [0.15, 0.2) is 18.2 Å². The van der Waals surface area contributed by atoms with Crippen LogP contribution in [-0.4, -0.2) is 24.8 Å². The van der Waals surface area contributed by atoms with E-state index in [9.17, 15) is 31.1 Å². The standard InChI is InChI=1S/C21H25F6NO/c22-20(23,24)19(21(25,26)27)16-9-10-17-15(13-16)7-3-4-12-28(17)18(29)11-8-14-5-1-2-6-14/h9-10,13-14,19H,1-8,11-12H2. The van der Waals surface area contributed by atoms with E-state index in [4.69, 9.17) is 0 Å². The third-order valence-electron chi connectivity index (χ3n) is 6.00. The second kappa shape index (κ2) is 8.56. The van der Waals surface area contributed by atoms with Gasteiger partial charge >= 0.3 is 12.4 Å². The number of halogens is 6. The van der Waals surface area contributed by atoms with Crippen LogP contribution in [0, 0.1) is 5.92 Å². The van der Waals surface area contributed by atoms with Crippen molar-refractivity contribution in [2.75, 3.05) is 11.4 Å². The summed E-state index contributed by atoms with van der Waals surface area (Å²) in [7, 11) is 0. The minimum atomic E-state index is -5.42. The molecular weight excluding hydrogens is 396 g/mol. The highest BCUT2D eigenvalue weighted by molar-refractivity contribution is 5.94. The van der Waals surface area contributed by atoms with Crippen LogP contribution < -0.4 is 4.90 Å². The highest BCUT2D eigenvalue weighted by atomic mass is 19.4. The third kappa shape index (κ3) is 5.25. The van der Waals surface area contributed by atoms with E-state index < -0.39 is 23.8 Å². The van der Waals surface area contributed by atoms with Crippen molar-refractivity contribution in [1.82, 2.24) is 0 Å². The van der Waals surface area contributed by atoms with E-state index in [1.807, 2.05) is 0 Å². The van der Waals surface area contributed by atoms with Crippen LogP contribution in [0.2, 0.25) is 0 Å². The summed E-state index contributed by atoms with van der Waals surface area (Å²) in [6, 6.07) is 3.12.